The van der Waals surface area contributed by atoms with Crippen LogP contribution in [0.4, 0.5) is 5.69 Å². The lowest BCUT2D eigenvalue weighted by molar-refractivity contribution is -0.121. The van der Waals surface area contributed by atoms with Crippen molar-refractivity contribution in [3.63, 3.8) is 0 Å². The van der Waals surface area contributed by atoms with E-state index in [4.69, 9.17) is 0 Å². The van der Waals surface area contributed by atoms with Crippen LogP contribution in [0.2, 0.25) is 0 Å². The maximum absolute atomic E-state index is 11.4. The number of carbonyl (C=O) groups is 1. The number of benzene rings is 1. The molecule has 4 heteroatoms. The molecule has 1 aromatic carbocycles. The van der Waals surface area contributed by atoms with Crippen molar-refractivity contribution in [1.82, 2.24) is 10.2 Å². The number of rotatable bonds is 7. The molecule has 116 valence electrons. The summed E-state index contributed by atoms with van der Waals surface area (Å²) in [6, 6.07) is 10.6. The predicted molar refractivity (Wildman–Crippen MR) is 87.6 cm³/mol. The SMILES string of the molecule is CCCC(=O)NCCCN1CCN(c2ccccc2)CC1. The van der Waals surface area contributed by atoms with E-state index < -0.39 is 0 Å². The Morgan fingerprint density at radius 2 is 1.86 bits per heavy atom. The fraction of sp³-hybridized carbons (Fsp3) is 0.588. The lowest BCUT2D eigenvalue weighted by Crippen LogP contribution is -2.47. The van der Waals surface area contributed by atoms with Gasteiger partial charge in [-0.1, -0.05) is 25.1 Å². The van der Waals surface area contributed by atoms with Crippen LogP contribution in [0.15, 0.2) is 30.3 Å². The number of anilines is 1. The van der Waals surface area contributed by atoms with Crippen molar-refractivity contribution in [2.24, 2.45) is 0 Å². The fourth-order valence-electron chi connectivity index (χ4n) is 2.71. The van der Waals surface area contributed by atoms with Gasteiger partial charge in [-0.2, -0.15) is 0 Å². The van der Waals surface area contributed by atoms with Gasteiger partial charge in [-0.25, -0.2) is 0 Å². The second kappa shape index (κ2) is 8.67. The van der Waals surface area contributed by atoms with Gasteiger partial charge in [0.25, 0.3) is 0 Å². The minimum Gasteiger partial charge on any atom is -0.369 e. The predicted octanol–water partition coefficient (Wildman–Crippen LogP) is 2.11. The first-order valence-corrected chi connectivity index (χ1v) is 8.08. The second-order valence-corrected chi connectivity index (χ2v) is 5.62. The Morgan fingerprint density at radius 3 is 2.52 bits per heavy atom. The molecule has 0 spiro atoms. The Kier molecular flexibility index (Phi) is 6.54. The quantitative estimate of drug-likeness (QED) is 0.781. The first kappa shape index (κ1) is 15.8. The maximum atomic E-state index is 11.4. The molecule has 0 aromatic heterocycles. The number of carbonyl (C=O) groups excluding carboxylic acids is 1. The maximum Gasteiger partial charge on any atom is 0.219 e. The molecule has 0 saturated carbocycles. The lowest BCUT2D eigenvalue weighted by Gasteiger charge is -2.36. The van der Waals surface area contributed by atoms with Crippen LogP contribution in [0.5, 0.6) is 0 Å². The number of para-hydroxylation sites is 1. The lowest BCUT2D eigenvalue weighted by atomic mass is 10.2. The highest BCUT2D eigenvalue weighted by Gasteiger charge is 2.16. The Hall–Kier alpha value is -1.55. The molecule has 0 radical (unpaired) electrons. The van der Waals surface area contributed by atoms with E-state index in [1.807, 2.05) is 6.92 Å². The second-order valence-electron chi connectivity index (χ2n) is 5.62. The summed E-state index contributed by atoms with van der Waals surface area (Å²) in [5, 5.41) is 2.98. The Labute approximate surface area is 128 Å². The van der Waals surface area contributed by atoms with Crippen molar-refractivity contribution < 1.29 is 4.79 Å². The van der Waals surface area contributed by atoms with Crippen molar-refractivity contribution in [3.8, 4) is 0 Å². The average Bonchev–Trinajstić information content (AvgIpc) is 2.53. The standard InChI is InChI=1S/C17H27N3O/c1-2-7-17(21)18-10-6-11-19-12-14-20(15-13-19)16-8-4-3-5-9-16/h3-5,8-9H,2,6-7,10-15H2,1H3,(H,18,21). The van der Waals surface area contributed by atoms with Crippen LogP contribution in [0.1, 0.15) is 26.2 Å². The third-order valence-corrected chi connectivity index (χ3v) is 3.94. The van der Waals surface area contributed by atoms with Crippen molar-refractivity contribution >= 4 is 11.6 Å². The minimum atomic E-state index is 0.186. The number of hydrogen-bond acceptors (Lipinski definition) is 3. The summed E-state index contributed by atoms with van der Waals surface area (Å²) in [5.41, 5.74) is 1.32. The zero-order valence-corrected chi connectivity index (χ0v) is 13.1. The number of piperazine rings is 1. The molecule has 0 aliphatic carbocycles. The molecule has 1 aromatic rings. The first-order valence-electron chi connectivity index (χ1n) is 8.08. The van der Waals surface area contributed by atoms with E-state index in [9.17, 15) is 4.79 Å². The van der Waals surface area contributed by atoms with E-state index in [1.54, 1.807) is 0 Å². The number of hydrogen-bond donors (Lipinski definition) is 1. The molecule has 1 N–H and O–H groups in total. The van der Waals surface area contributed by atoms with Gasteiger partial charge in [-0.3, -0.25) is 9.69 Å². The third-order valence-electron chi connectivity index (χ3n) is 3.94. The number of nitrogens with zero attached hydrogens (tertiary/aromatic N) is 2. The van der Waals surface area contributed by atoms with Gasteiger partial charge in [-0.05, 0) is 31.5 Å². The molecule has 1 heterocycles. The van der Waals surface area contributed by atoms with Gasteiger partial charge < -0.3 is 10.2 Å². The summed E-state index contributed by atoms with van der Waals surface area (Å²) >= 11 is 0. The third kappa shape index (κ3) is 5.38. The van der Waals surface area contributed by atoms with Gasteiger partial charge in [-0.15, -0.1) is 0 Å². The summed E-state index contributed by atoms with van der Waals surface area (Å²) < 4.78 is 0. The Balaban J connectivity index is 1.60. The van der Waals surface area contributed by atoms with E-state index >= 15 is 0 Å². The Morgan fingerprint density at radius 1 is 1.14 bits per heavy atom. The van der Waals surface area contributed by atoms with E-state index in [-0.39, 0.29) is 5.91 Å². The van der Waals surface area contributed by atoms with Crippen LogP contribution in [0.3, 0.4) is 0 Å². The largest absolute Gasteiger partial charge is 0.369 e. The van der Waals surface area contributed by atoms with Crippen LogP contribution < -0.4 is 10.2 Å². The molecule has 4 nitrogen and oxygen atoms in total. The molecule has 0 unspecified atom stereocenters. The highest BCUT2D eigenvalue weighted by Crippen LogP contribution is 2.15. The molecule has 2 rings (SSSR count). The minimum absolute atomic E-state index is 0.186. The number of nitrogens with one attached hydrogen (secondary N) is 1. The van der Waals surface area contributed by atoms with Crippen LogP contribution in [-0.2, 0) is 4.79 Å². The van der Waals surface area contributed by atoms with Gasteiger partial charge >= 0.3 is 0 Å². The van der Waals surface area contributed by atoms with Crippen molar-refractivity contribution in [3.05, 3.63) is 30.3 Å². The summed E-state index contributed by atoms with van der Waals surface area (Å²) in [6.45, 7) is 8.31. The van der Waals surface area contributed by atoms with Gasteiger partial charge in [0.05, 0.1) is 0 Å². The zero-order chi connectivity index (χ0) is 14.9. The van der Waals surface area contributed by atoms with Gasteiger partial charge in [0.15, 0.2) is 0 Å². The molecule has 1 amide bonds. The Bertz CT molecular complexity index is 413. The molecule has 0 atom stereocenters. The number of amides is 1. The van der Waals surface area contributed by atoms with Crippen molar-refractivity contribution in [2.45, 2.75) is 26.2 Å². The van der Waals surface area contributed by atoms with Crippen LogP contribution in [0.25, 0.3) is 0 Å². The molecule has 1 aliphatic heterocycles. The monoisotopic (exact) mass is 289 g/mol. The molecule has 1 aliphatic rings. The summed E-state index contributed by atoms with van der Waals surface area (Å²) in [5.74, 6) is 0.186. The van der Waals surface area contributed by atoms with E-state index in [1.165, 1.54) is 5.69 Å². The fourth-order valence-corrected chi connectivity index (χ4v) is 2.71. The van der Waals surface area contributed by atoms with Gasteiger partial charge in [0, 0.05) is 44.8 Å². The molecule has 0 bridgehead atoms. The molecular formula is C17H27N3O. The molecular weight excluding hydrogens is 262 g/mol. The van der Waals surface area contributed by atoms with E-state index in [0.29, 0.717) is 6.42 Å². The first-order chi connectivity index (χ1) is 10.3. The topological polar surface area (TPSA) is 35.6 Å². The average molecular weight is 289 g/mol. The van der Waals surface area contributed by atoms with Crippen LogP contribution in [-0.4, -0.2) is 50.1 Å². The molecule has 1 saturated heterocycles. The zero-order valence-electron chi connectivity index (χ0n) is 13.1. The van der Waals surface area contributed by atoms with Crippen molar-refractivity contribution in [1.29, 1.82) is 0 Å². The summed E-state index contributed by atoms with van der Waals surface area (Å²) in [4.78, 5) is 16.3. The van der Waals surface area contributed by atoms with Gasteiger partial charge in [0.2, 0.25) is 5.91 Å². The van der Waals surface area contributed by atoms with Crippen molar-refractivity contribution in [2.75, 3.05) is 44.2 Å². The summed E-state index contributed by atoms with van der Waals surface area (Å²) in [6.07, 6.45) is 2.61. The molecule has 21 heavy (non-hydrogen) atoms. The van der Waals surface area contributed by atoms with Crippen LogP contribution >= 0.6 is 0 Å². The van der Waals surface area contributed by atoms with E-state index in [2.05, 4.69) is 45.4 Å². The van der Waals surface area contributed by atoms with E-state index in [0.717, 1.165) is 52.1 Å². The molecule has 1 fully saturated rings. The van der Waals surface area contributed by atoms with Gasteiger partial charge in [0.1, 0.15) is 0 Å². The normalized spacial score (nSPS) is 16.0. The highest BCUT2D eigenvalue weighted by atomic mass is 16.1. The highest BCUT2D eigenvalue weighted by molar-refractivity contribution is 5.75. The summed E-state index contributed by atoms with van der Waals surface area (Å²) in [7, 11) is 0. The van der Waals surface area contributed by atoms with Crippen LogP contribution in [0, 0.1) is 0 Å². The smallest absolute Gasteiger partial charge is 0.219 e.